The minimum atomic E-state index is 0.270. The fourth-order valence-electron chi connectivity index (χ4n) is 2.71. The molecule has 0 saturated heterocycles. The largest absolute Gasteiger partial charge is 0.357 e. The van der Waals surface area contributed by atoms with Crippen LogP contribution in [0.1, 0.15) is 24.8 Å². The van der Waals surface area contributed by atoms with Crippen LogP contribution >= 0.6 is 11.6 Å². The molecule has 106 valence electrons. The molecule has 0 amide bonds. The number of anilines is 1. The van der Waals surface area contributed by atoms with Crippen LogP contribution in [0.3, 0.4) is 0 Å². The Morgan fingerprint density at radius 2 is 2.05 bits per heavy atom. The van der Waals surface area contributed by atoms with Gasteiger partial charge in [0.1, 0.15) is 5.82 Å². The molecule has 1 fully saturated rings. The SMILES string of the molecule is CN(CC1(N(C)C)CCC1)c1ncc(CN)cc1Cl. The Hall–Kier alpha value is -0.840. The van der Waals surface area contributed by atoms with Crippen molar-refractivity contribution in [2.75, 3.05) is 32.6 Å². The van der Waals surface area contributed by atoms with Crippen molar-refractivity contribution in [1.29, 1.82) is 0 Å². The first-order chi connectivity index (χ1) is 8.98. The third kappa shape index (κ3) is 2.86. The molecule has 1 aliphatic rings. The van der Waals surface area contributed by atoms with E-state index in [2.05, 4.69) is 35.9 Å². The van der Waals surface area contributed by atoms with E-state index < -0.39 is 0 Å². The Labute approximate surface area is 120 Å². The Kier molecular flexibility index (Phi) is 4.33. The summed E-state index contributed by atoms with van der Waals surface area (Å²) in [6.45, 7) is 1.42. The van der Waals surface area contributed by atoms with Crippen LogP contribution in [0.5, 0.6) is 0 Å². The first-order valence-corrected chi connectivity index (χ1v) is 7.09. The van der Waals surface area contributed by atoms with Crippen LogP contribution in [0, 0.1) is 0 Å². The van der Waals surface area contributed by atoms with Gasteiger partial charge in [-0.25, -0.2) is 4.98 Å². The maximum Gasteiger partial charge on any atom is 0.147 e. The fraction of sp³-hybridized carbons (Fsp3) is 0.643. The number of halogens is 1. The second-order valence-electron chi connectivity index (χ2n) is 5.68. The van der Waals surface area contributed by atoms with E-state index in [0.717, 1.165) is 17.9 Å². The normalized spacial score (nSPS) is 17.4. The van der Waals surface area contributed by atoms with Crippen LogP contribution in [0.2, 0.25) is 5.02 Å². The maximum atomic E-state index is 6.30. The molecule has 0 bridgehead atoms. The first kappa shape index (κ1) is 14.6. The standard InChI is InChI=1S/C14H23ClN4/c1-18(2)14(5-4-6-14)10-19(3)13-12(15)7-11(8-16)9-17-13/h7,9H,4-6,8,10,16H2,1-3H3. The molecule has 0 spiro atoms. The summed E-state index contributed by atoms with van der Waals surface area (Å²) in [4.78, 5) is 8.93. The molecule has 19 heavy (non-hydrogen) atoms. The van der Waals surface area contributed by atoms with Gasteiger partial charge in [-0.2, -0.15) is 0 Å². The van der Waals surface area contributed by atoms with Crippen molar-refractivity contribution >= 4 is 17.4 Å². The lowest BCUT2D eigenvalue weighted by Gasteiger charge is -2.49. The zero-order valence-electron chi connectivity index (χ0n) is 12.0. The summed E-state index contributed by atoms with van der Waals surface area (Å²) < 4.78 is 0. The molecule has 0 aromatic carbocycles. The highest BCUT2D eigenvalue weighted by Gasteiger charge is 2.40. The van der Waals surface area contributed by atoms with Crippen LogP contribution in [-0.4, -0.2) is 43.1 Å². The number of nitrogens with zero attached hydrogens (tertiary/aromatic N) is 3. The van der Waals surface area contributed by atoms with Gasteiger partial charge in [0.25, 0.3) is 0 Å². The smallest absolute Gasteiger partial charge is 0.147 e. The molecule has 2 N–H and O–H groups in total. The minimum absolute atomic E-state index is 0.270. The Morgan fingerprint density at radius 3 is 2.47 bits per heavy atom. The van der Waals surface area contributed by atoms with Gasteiger partial charge in [0.05, 0.1) is 5.02 Å². The summed E-state index contributed by atoms with van der Waals surface area (Å²) >= 11 is 6.30. The van der Waals surface area contributed by atoms with E-state index in [1.165, 1.54) is 19.3 Å². The molecule has 1 aromatic heterocycles. The van der Waals surface area contributed by atoms with Gasteiger partial charge in [0.15, 0.2) is 0 Å². The summed E-state index contributed by atoms with van der Waals surface area (Å²) in [5.41, 5.74) is 6.83. The second-order valence-corrected chi connectivity index (χ2v) is 6.09. The lowest BCUT2D eigenvalue weighted by molar-refractivity contribution is 0.0682. The van der Waals surface area contributed by atoms with Crippen LogP contribution in [-0.2, 0) is 6.54 Å². The molecular weight excluding hydrogens is 260 g/mol. The van der Waals surface area contributed by atoms with Gasteiger partial charge in [-0.05, 0) is 45.0 Å². The van der Waals surface area contributed by atoms with Crippen molar-refractivity contribution in [2.24, 2.45) is 5.73 Å². The maximum absolute atomic E-state index is 6.30. The summed E-state index contributed by atoms with van der Waals surface area (Å²) in [6.07, 6.45) is 5.59. The predicted molar refractivity (Wildman–Crippen MR) is 80.7 cm³/mol. The molecule has 0 atom stereocenters. The van der Waals surface area contributed by atoms with Gasteiger partial charge in [0, 0.05) is 31.9 Å². The number of pyridine rings is 1. The van der Waals surface area contributed by atoms with E-state index in [1.807, 2.05) is 6.07 Å². The molecular formula is C14H23ClN4. The summed E-state index contributed by atoms with van der Waals surface area (Å²) in [7, 11) is 6.36. The van der Waals surface area contributed by atoms with Gasteiger partial charge in [0.2, 0.25) is 0 Å². The Bertz CT molecular complexity index is 443. The summed E-state index contributed by atoms with van der Waals surface area (Å²) in [5.74, 6) is 0.840. The fourth-order valence-corrected chi connectivity index (χ4v) is 3.04. The van der Waals surface area contributed by atoms with E-state index in [0.29, 0.717) is 11.6 Å². The molecule has 2 rings (SSSR count). The summed E-state index contributed by atoms with van der Waals surface area (Å²) in [6, 6.07) is 1.91. The minimum Gasteiger partial charge on any atom is -0.357 e. The van der Waals surface area contributed by atoms with E-state index in [4.69, 9.17) is 17.3 Å². The highest BCUT2D eigenvalue weighted by Crippen LogP contribution is 2.38. The Balaban J connectivity index is 2.13. The van der Waals surface area contributed by atoms with Crippen LogP contribution in [0.4, 0.5) is 5.82 Å². The molecule has 1 heterocycles. The lowest BCUT2D eigenvalue weighted by Crippen LogP contribution is -2.56. The molecule has 1 saturated carbocycles. The Morgan fingerprint density at radius 1 is 1.37 bits per heavy atom. The van der Waals surface area contributed by atoms with E-state index >= 15 is 0 Å². The predicted octanol–water partition coefficient (Wildman–Crippen LogP) is 2.11. The molecule has 1 aliphatic carbocycles. The number of aromatic nitrogens is 1. The molecule has 0 aliphatic heterocycles. The molecule has 0 radical (unpaired) electrons. The zero-order valence-corrected chi connectivity index (χ0v) is 12.7. The quantitative estimate of drug-likeness (QED) is 0.898. The van der Waals surface area contributed by atoms with Crippen molar-refractivity contribution in [3.05, 3.63) is 22.8 Å². The lowest BCUT2D eigenvalue weighted by atomic mass is 9.75. The molecule has 1 aromatic rings. The monoisotopic (exact) mass is 282 g/mol. The average molecular weight is 283 g/mol. The van der Waals surface area contributed by atoms with Crippen molar-refractivity contribution in [3.63, 3.8) is 0 Å². The van der Waals surface area contributed by atoms with Gasteiger partial charge in [-0.3, -0.25) is 0 Å². The van der Waals surface area contributed by atoms with Gasteiger partial charge in [-0.15, -0.1) is 0 Å². The van der Waals surface area contributed by atoms with E-state index in [-0.39, 0.29) is 5.54 Å². The number of hydrogen-bond donors (Lipinski definition) is 1. The number of hydrogen-bond acceptors (Lipinski definition) is 4. The topological polar surface area (TPSA) is 45.4 Å². The van der Waals surface area contributed by atoms with Crippen molar-refractivity contribution in [2.45, 2.75) is 31.3 Å². The number of likely N-dealkylation sites (N-methyl/N-ethyl adjacent to an activating group) is 2. The van der Waals surface area contributed by atoms with E-state index in [1.54, 1.807) is 6.20 Å². The zero-order chi connectivity index (χ0) is 14.0. The molecule has 4 nitrogen and oxygen atoms in total. The van der Waals surface area contributed by atoms with Gasteiger partial charge >= 0.3 is 0 Å². The highest BCUT2D eigenvalue weighted by molar-refractivity contribution is 6.33. The van der Waals surface area contributed by atoms with Crippen molar-refractivity contribution in [1.82, 2.24) is 9.88 Å². The molecule has 5 heteroatoms. The van der Waals surface area contributed by atoms with Crippen LogP contribution in [0.15, 0.2) is 12.3 Å². The average Bonchev–Trinajstić information content (AvgIpc) is 2.32. The van der Waals surface area contributed by atoms with Crippen molar-refractivity contribution in [3.8, 4) is 0 Å². The van der Waals surface area contributed by atoms with Crippen molar-refractivity contribution < 1.29 is 0 Å². The van der Waals surface area contributed by atoms with Crippen LogP contribution in [0.25, 0.3) is 0 Å². The van der Waals surface area contributed by atoms with E-state index in [9.17, 15) is 0 Å². The van der Waals surface area contributed by atoms with Gasteiger partial charge in [-0.1, -0.05) is 11.6 Å². The first-order valence-electron chi connectivity index (χ1n) is 6.71. The number of nitrogens with two attached hydrogens (primary N) is 1. The third-order valence-corrected chi connectivity index (χ3v) is 4.52. The van der Waals surface area contributed by atoms with Crippen LogP contribution < -0.4 is 10.6 Å². The highest BCUT2D eigenvalue weighted by atomic mass is 35.5. The summed E-state index contributed by atoms with van der Waals surface area (Å²) in [5, 5.41) is 0.679. The molecule has 0 unspecified atom stereocenters. The van der Waals surface area contributed by atoms with Gasteiger partial charge < -0.3 is 15.5 Å². The second kappa shape index (κ2) is 5.65. The third-order valence-electron chi connectivity index (χ3n) is 4.24. The number of rotatable bonds is 5.